The molecule has 41 nitrogen and oxygen atoms in total. The zero-order chi connectivity index (χ0) is 98.9. The molecule has 0 atom stereocenters. The number of ether oxygens (including phenoxy) is 9. The van der Waals surface area contributed by atoms with E-state index in [1.165, 1.54) is 34.7 Å². The second-order valence-electron chi connectivity index (χ2n) is 32.0. The first-order chi connectivity index (χ1) is 67.0. The van der Waals surface area contributed by atoms with Gasteiger partial charge in [-0.1, -0.05) is 24.3 Å². The molecule has 0 saturated carbocycles. The molecule has 0 radical (unpaired) electrons. The van der Waals surface area contributed by atoms with Crippen LogP contribution >= 0.6 is 0 Å². The van der Waals surface area contributed by atoms with Crippen LogP contribution in [0.5, 0.6) is 46.5 Å². The van der Waals surface area contributed by atoms with E-state index in [4.69, 9.17) is 47.6 Å². The van der Waals surface area contributed by atoms with Crippen molar-refractivity contribution in [3.05, 3.63) is 205 Å². The van der Waals surface area contributed by atoms with E-state index in [1.54, 1.807) is 174 Å². The maximum absolute atomic E-state index is 12.1. The average Bonchev–Trinajstić information content (AvgIpc) is 1.63. The van der Waals surface area contributed by atoms with Crippen LogP contribution in [-0.2, 0) is 21.6 Å². The number of rotatable bonds is 30. The molecular formula is C97H105N25O16S. The molecule has 16 aromatic rings. The van der Waals surface area contributed by atoms with Gasteiger partial charge in [0.05, 0.1) is 127 Å². The van der Waals surface area contributed by atoms with Gasteiger partial charge < -0.3 is 110 Å². The van der Waals surface area contributed by atoms with Crippen molar-refractivity contribution in [2.75, 3.05) is 104 Å². The number of hydrogen-bond donors (Lipinski definition) is 13. The van der Waals surface area contributed by atoms with Crippen LogP contribution < -0.4 is 85.7 Å². The summed E-state index contributed by atoms with van der Waals surface area (Å²) in [6.07, 6.45) is 18.2. The summed E-state index contributed by atoms with van der Waals surface area (Å²) < 4.78 is 77.7. The molecule has 0 spiro atoms. The molecule has 139 heavy (non-hydrogen) atoms. The lowest BCUT2D eigenvalue weighted by Crippen LogP contribution is -2.26. The van der Waals surface area contributed by atoms with Crippen molar-refractivity contribution >= 4 is 130 Å². The van der Waals surface area contributed by atoms with Gasteiger partial charge in [-0.05, 0) is 150 Å². The highest BCUT2D eigenvalue weighted by atomic mass is 32.2. The largest absolute Gasteiger partial charge is 0.495 e. The predicted octanol–water partition coefficient (Wildman–Crippen LogP) is 14.2. The number of methoxy groups -OCH3 is 4. The second-order valence-corrected chi connectivity index (χ2v) is 34.0. The van der Waals surface area contributed by atoms with Gasteiger partial charge in [0.25, 0.3) is 29.5 Å². The molecule has 10 aromatic heterocycles. The monoisotopic (exact) mass is 1910 g/mol. The van der Waals surface area contributed by atoms with Gasteiger partial charge >= 0.3 is 0 Å². The first-order valence-corrected chi connectivity index (χ1v) is 45.8. The summed E-state index contributed by atoms with van der Waals surface area (Å²) in [5.41, 5.74) is 13.6. The van der Waals surface area contributed by atoms with Crippen LogP contribution in [0, 0.1) is 0 Å². The Bertz CT molecular complexity index is 7280. The second kappa shape index (κ2) is 44.0. The Morgan fingerprint density at radius 3 is 1.12 bits per heavy atom. The lowest BCUT2D eigenvalue weighted by Gasteiger charge is -2.23. The summed E-state index contributed by atoms with van der Waals surface area (Å²) in [5, 5.41) is 32.8. The molecule has 0 aliphatic carbocycles. The fourth-order valence-corrected chi connectivity index (χ4v) is 15.4. The summed E-state index contributed by atoms with van der Waals surface area (Å²) in [4.78, 5) is 118. The Hall–Kier alpha value is -17.1. The smallest absolute Gasteiger partial charge is 0.251 e. The Kier molecular flexibility index (Phi) is 31.0. The third-order valence-electron chi connectivity index (χ3n) is 21.3. The van der Waals surface area contributed by atoms with E-state index in [0.717, 1.165) is 56.8 Å². The number of aryl methyl sites for hydroxylation is 1. The highest BCUT2D eigenvalue weighted by Crippen LogP contribution is 2.43. The van der Waals surface area contributed by atoms with Gasteiger partial charge in [0.2, 0.25) is 47.3 Å². The highest BCUT2D eigenvalue weighted by Gasteiger charge is 2.28. The number of hydrogen-bond acceptors (Lipinski definition) is 31. The summed E-state index contributed by atoms with van der Waals surface area (Å²) in [6.45, 7) is 12.8. The lowest BCUT2D eigenvalue weighted by atomic mass is 10.0. The molecule has 17 rings (SSSR count). The number of nitrogens with one attached hydrogen (secondary N) is 13. The first-order valence-electron chi connectivity index (χ1n) is 43.9. The zero-order valence-corrected chi connectivity index (χ0v) is 80.0. The summed E-state index contributed by atoms with van der Waals surface area (Å²) >= 11 is 0. The normalized spacial score (nSPS) is 11.9. The van der Waals surface area contributed by atoms with E-state index in [9.17, 15) is 32.4 Å². The highest BCUT2D eigenvalue weighted by molar-refractivity contribution is 7.90. The van der Waals surface area contributed by atoms with E-state index in [-0.39, 0.29) is 64.8 Å². The molecule has 0 bridgehead atoms. The van der Waals surface area contributed by atoms with E-state index in [2.05, 4.69) is 118 Å². The topological polar surface area (TPSA) is 521 Å². The minimum atomic E-state index is -3.38. The Labute approximate surface area is 798 Å². The molecule has 13 N–H and O–H groups in total. The molecule has 6 aromatic carbocycles. The number of carbonyl (C=O) groups is 5. The summed E-state index contributed by atoms with van der Waals surface area (Å²) in [6, 6.07) is 34.2. The van der Waals surface area contributed by atoms with Crippen LogP contribution in [0.1, 0.15) is 106 Å². The molecule has 42 heteroatoms. The third-order valence-corrected chi connectivity index (χ3v) is 22.5. The van der Waals surface area contributed by atoms with Crippen LogP contribution in [-0.4, -0.2) is 225 Å². The number of carbonyl (C=O) groups excluding carboxylic acids is 5. The van der Waals surface area contributed by atoms with Crippen molar-refractivity contribution in [3.8, 4) is 91.2 Å². The van der Waals surface area contributed by atoms with Crippen LogP contribution in [0.3, 0.4) is 0 Å². The third kappa shape index (κ3) is 23.1. The number of sulfone groups is 1. The van der Waals surface area contributed by atoms with Gasteiger partial charge in [0.1, 0.15) is 51.7 Å². The van der Waals surface area contributed by atoms with Gasteiger partial charge in [-0.15, -0.1) is 0 Å². The van der Waals surface area contributed by atoms with Crippen molar-refractivity contribution in [1.29, 1.82) is 0 Å². The van der Waals surface area contributed by atoms with Crippen LogP contribution in [0.2, 0.25) is 0 Å². The summed E-state index contributed by atoms with van der Waals surface area (Å²) in [7, 11) is 12.5. The molecule has 0 unspecified atom stereocenters. The molecular weight excluding hydrogens is 1800 g/mol. The van der Waals surface area contributed by atoms with Crippen molar-refractivity contribution in [1.82, 2.24) is 106 Å². The van der Waals surface area contributed by atoms with Gasteiger partial charge in [-0.2, -0.15) is 45.0 Å². The number of aromatic nitrogens is 16. The average molecular weight is 1910 g/mol. The van der Waals surface area contributed by atoms with Gasteiger partial charge in [0.15, 0.2) is 9.84 Å². The quantitative estimate of drug-likeness (QED) is 0.0199. The molecule has 720 valence electrons. The van der Waals surface area contributed by atoms with E-state index in [1.807, 2.05) is 91.6 Å². The summed E-state index contributed by atoms with van der Waals surface area (Å²) in [5.74, 6) is 3.70. The number of anilines is 8. The molecule has 1 aliphatic heterocycles. The van der Waals surface area contributed by atoms with Crippen molar-refractivity contribution in [2.45, 2.75) is 83.7 Å². The van der Waals surface area contributed by atoms with Crippen molar-refractivity contribution in [3.63, 3.8) is 0 Å². The Balaban J connectivity index is 0.000000148. The molecule has 1 saturated heterocycles. The minimum Gasteiger partial charge on any atom is -0.495 e. The zero-order valence-electron chi connectivity index (χ0n) is 79.2. The fraction of sp³-hybridized carbons (Fsp3) is 0.258. The van der Waals surface area contributed by atoms with Crippen LogP contribution in [0.4, 0.5) is 46.5 Å². The van der Waals surface area contributed by atoms with E-state index < -0.39 is 9.84 Å². The van der Waals surface area contributed by atoms with E-state index >= 15 is 0 Å². The predicted molar refractivity (Wildman–Crippen MR) is 527 cm³/mol. The van der Waals surface area contributed by atoms with Crippen LogP contribution in [0.15, 0.2) is 182 Å². The molecule has 1 aliphatic rings. The van der Waals surface area contributed by atoms with Crippen molar-refractivity contribution < 1.29 is 75.0 Å². The molecule has 11 heterocycles. The van der Waals surface area contributed by atoms with Gasteiger partial charge in [-0.25, -0.2) is 8.42 Å². The van der Waals surface area contributed by atoms with Gasteiger partial charge in [-0.3, -0.25) is 38.6 Å². The first kappa shape index (κ1) is 98.0. The number of aromatic amines is 4. The van der Waals surface area contributed by atoms with Crippen molar-refractivity contribution in [2.24, 2.45) is 7.05 Å². The number of nitrogens with zero attached hydrogens (tertiary/aromatic N) is 12. The minimum absolute atomic E-state index is 0.0271. The Morgan fingerprint density at radius 2 is 0.770 bits per heavy atom. The lowest BCUT2D eigenvalue weighted by molar-refractivity contribution is 0.0244. The molecule has 5 amide bonds. The number of H-pyrrole nitrogens is 4. The Morgan fingerprint density at radius 1 is 0.417 bits per heavy atom. The fourth-order valence-electron chi connectivity index (χ4n) is 14.7. The maximum Gasteiger partial charge on any atom is 0.251 e. The maximum atomic E-state index is 12.1. The van der Waals surface area contributed by atoms with E-state index in [0.29, 0.717) is 173 Å². The van der Waals surface area contributed by atoms with Gasteiger partial charge in [0, 0.05) is 160 Å². The molecule has 1 fully saturated rings. The number of fused-ring (bicyclic) bond motifs is 4. The SMILES string of the molecule is CNC(=O)c1ccc(-c2c[nH]c3nc(Nc4ccc(C(=O)NC)cc4OC)nc(OC(C)C)c23)cc1.CNC(=O)c1ccc(Nc2nc(OC(C)C)c3c(-c4cccc(S(C)(=O)=O)c4)c[nH]c3n2)c(OC)c1.CNC(=O)c1ccc(Nc2nc(OC(C)C)c3c(-c4cnn(C)c4)c[nH]c3n2)c(OC)c1.CNC(=O)c1ccc(Nc2nc(OC3CCOCC3)c3c(-c4cnccn4)c[nH]c3n2)c(OC)c1. The van der Waals surface area contributed by atoms with Crippen LogP contribution in [0.25, 0.3) is 88.8 Å². The number of amides is 5. The standard InChI is InChI=1S/C26H28N6O4.C25H27N5O5S.C24H25N7O4.C22H25N7O3/c1-14(2)36-25-21-18(15-6-8-16(9-7-15)23(33)27-3)13-29-22(21)31-26(32-25)30-19-11-10-17(24(34)28-4)12-20(19)35-5;1-14(2)35-24-21-18(15-7-6-8-17(11-15)36(5,32)33)13-27-22(21)29-25(30-24)28-19-10-9-16(23(31)26-3)12-20(19)34-4;1-25-22(32)14-3-4-17(19(11-14)33-2)29-24-30-21-20(16(12-28-21)18-13-26-7-8-27-18)23(31-24)35-15-5-9-34-10-6-15;1-12(2)32-21-18-15(14-9-25-29(4)11-14)10-24-19(18)27-22(28-21)26-16-7-6-13(20(30)23-3)8-17(16)31-5/h6-14H,1-5H3,(H,27,33)(H,28,34)(H2,29,30,31,32);6-14H,1-5H3,(H,26,31)(H2,27,28,29,30);3-4,7-8,11-13,15H,5-6,9-10H2,1-2H3,(H,25,32)(H2,28,29,30,31);6-12H,1-5H3,(H,23,30)(H2,24,26,27,28). The number of benzene rings is 6.